The third kappa shape index (κ3) is 3.35. The molecule has 2 unspecified atom stereocenters. The van der Waals surface area contributed by atoms with Crippen molar-refractivity contribution in [2.24, 2.45) is 11.8 Å². The van der Waals surface area contributed by atoms with Gasteiger partial charge < -0.3 is 10.2 Å². The molecule has 1 N–H and O–H groups in total. The number of hydrogen-bond donors (Lipinski definition) is 1. The smallest absolute Gasteiger partial charge is 0.130 e. The molecule has 0 aliphatic heterocycles. The zero-order chi connectivity index (χ0) is 12.3. The average Bonchev–Trinajstić information content (AvgIpc) is 3.02. The van der Waals surface area contributed by atoms with Crippen LogP contribution in [0.4, 0.5) is 11.6 Å². The zero-order valence-corrected chi connectivity index (χ0v) is 11.1. The first-order chi connectivity index (χ1) is 8.20. The maximum absolute atomic E-state index is 4.63. The van der Waals surface area contributed by atoms with E-state index in [1.165, 1.54) is 6.42 Å². The van der Waals surface area contributed by atoms with E-state index in [1.54, 1.807) is 0 Å². The Kier molecular flexibility index (Phi) is 3.87. The lowest BCUT2D eigenvalue weighted by Gasteiger charge is -2.18. The van der Waals surface area contributed by atoms with Crippen LogP contribution < -0.4 is 10.2 Å². The van der Waals surface area contributed by atoms with Gasteiger partial charge in [-0.15, -0.1) is 0 Å². The van der Waals surface area contributed by atoms with Crippen LogP contribution in [-0.4, -0.2) is 25.1 Å². The fourth-order valence-electron chi connectivity index (χ4n) is 2.09. The van der Waals surface area contributed by atoms with Crippen molar-refractivity contribution in [3.63, 3.8) is 0 Å². The molecular formula is C14H23N3. The van der Waals surface area contributed by atoms with Crippen molar-refractivity contribution < 1.29 is 0 Å². The van der Waals surface area contributed by atoms with Crippen LogP contribution in [0.15, 0.2) is 18.2 Å². The van der Waals surface area contributed by atoms with Crippen molar-refractivity contribution in [2.75, 3.05) is 30.4 Å². The van der Waals surface area contributed by atoms with E-state index in [9.17, 15) is 0 Å². The molecule has 1 heterocycles. The fraction of sp³-hybridized carbons (Fsp3) is 0.643. The third-order valence-electron chi connectivity index (χ3n) is 3.47. The van der Waals surface area contributed by atoms with Gasteiger partial charge in [0.2, 0.25) is 0 Å². The van der Waals surface area contributed by atoms with E-state index in [-0.39, 0.29) is 0 Å². The number of pyridine rings is 1. The van der Waals surface area contributed by atoms with Crippen molar-refractivity contribution in [3.8, 4) is 0 Å². The SMILES string of the molecule is CCCNc1cccc(N(C)CC2CC2C)n1. The summed E-state index contributed by atoms with van der Waals surface area (Å²) in [6, 6.07) is 6.20. The zero-order valence-electron chi connectivity index (χ0n) is 11.1. The van der Waals surface area contributed by atoms with Gasteiger partial charge in [0.05, 0.1) is 0 Å². The molecule has 0 aromatic carbocycles. The van der Waals surface area contributed by atoms with Gasteiger partial charge in [0.25, 0.3) is 0 Å². The molecule has 0 bridgehead atoms. The van der Waals surface area contributed by atoms with Gasteiger partial charge in [-0.3, -0.25) is 0 Å². The summed E-state index contributed by atoms with van der Waals surface area (Å²) >= 11 is 0. The summed E-state index contributed by atoms with van der Waals surface area (Å²) < 4.78 is 0. The Labute approximate surface area is 104 Å². The van der Waals surface area contributed by atoms with Crippen LogP contribution >= 0.6 is 0 Å². The maximum Gasteiger partial charge on any atom is 0.130 e. The molecule has 2 rings (SSSR count). The summed E-state index contributed by atoms with van der Waals surface area (Å²) in [5.41, 5.74) is 0. The molecule has 0 saturated heterocycles. The van der Waals surface area contributed by atoms with Gasteiger partial charge in [-0.05, 0) is 36.8 Å². The van der Waals surface area contributed by atoms with Crippen molar-refractivity contribution in [3.05, 3.63) is 18.2 Å². The van der Waals surface area contributed by atoms with Crippen molar-refractivity contribution in [2.45, 2.75) is 26.7 Å². The van der Waals surface area contributed by atoms with E-state index in [2.05, 4.69) is 48.2 Å². The van der Waals surface area contributed by atoms with E-state index >= 15 is 0 Å². The Morgan fingerprint density at radius 2 is 2.24 bits per heavy atom. The second-order valence-electron chi connectivity index (χ2n) is 5.16. The van der Waals surface area contributed by atoms with Gasteiger partial charge in [0, 0.05) is 20.1 Å². The Bertz CT molecular complexity index is 364. The second-order valence-corrected chi connectivity index (χ2v) is 5.16. The second kappa shape index (κ2) is 5.39. The lowest BCUT2D eigenvalue weighted by molar-refractivity contribution is 0.719. The van der Waals surface area contributed by atoms with Crippen LogP contribution in [0.3, 0.4) is 0 Å². The monoisotopic (exact) mass is 233 g/mol. The highest BCUT2D eigenvalue weighted by molar-refractivity contribution is 5.46. The fourth-order valence-corrected chi connectivity index (χ4v) is 2.09. The van der Waals surface area contributed by atoms with Crippen LogP contribution in [0.5, 0.6) is 0 Å². The molecule has 3 heteroatoms. The Morgan fingerprint density at radius 3 is 2.88 bits per heavy atom. The van der Waals surface area contributed by atoms with E-state index in [0.717, 1.165) is 43.0 Å². The Balaban J connectivity index is 1.94. The lowest BCUT2D eigenvalue weighted by Crippen LogP contribution is -2.21. The van der Waals surface area contributed by atoms with Gasteiger partial charge in [-0.25, -0.2) is 4.98 Å². The number of hydrogen-bond acceptors (Lipinski definition) is 3. The molecule has 0 radical (unpaired) electrons. The van der Waals surface area contributed by atoms with Gasteiger partial charge in [0.1, 0.15) is 11.6 Å². The third-order valence-corrected chi connectivity index (χ3v) is 3.47. The summed E-state index contributed by atoms with van der Waals surface area (Å²) in [5, 5.41) is 3.33. The van der Waals surface area contributed by atoms with Gasteiger partial charge in [-0.2, -0.15) is 0 Å². The minimum Gasteiger partial charge on any atom is -0.370 e. The van der Waals surface area contributed by atoms with Crippen LogP contribution in [0.2, 0.25) is 0 Å². The highest BCUT2D eigenvalue weighted by atomic mass is 15.2. The van der Waals surface area contributed by atoms with Crippen LogP contribution in [0.1, 0.15) is 26.7 Å². The summed E-state index contributed by atoms with van der Waals surface area (Å²) in [5.74, 6) is 3.83. The van der Waals surface area contributed by atoms with E-state index < -0.39 is 0 Å². The van der Waals surface area contributed by atoms with Crippen LogP contribution in [0.25, 0.3) is 0 Å². The topological polar surface area (TPSA) is 28.2 Å². The van der Waals surface area contributed by atoms with Crippen molar-refractivity contribution in [1.82, 2.24) is 4.98 Å². The van der Waals surface area contributed by atoms with Crippen LogP contribution in [0, 0.1) is 11.8 Å². The van der Waals surface area contributed by atoms with Gasteiger partial charge >= 0.3 is 0 Å². The predicted octanol–water partition coefficient (Wildman–Crippen LogP) is 3.00. The van der Waals surface area contributed by atoms with E-state index in [0.29, 0.717) is 0 Å². The summed E-state index contributed by atoms with van der Waals surface area (Å²) in [4.78, 5) is 6.90. The molecule has 0 spiro atoms. The summed E-state index contributed by atoms with van der Waals surface area (Å²) in [6.07, 6.45) is 2.50. The summed E-state index contributed by atoms with van der Waals surface area (Å²) in [7, 11) is 2.14. The molecule has 17 heavy (non-hydrogen) atoms. The number of nitrogens with one attached hydrogen (secondary N) is 1. The highest BCUT2D eigenvalue weighted by Crippen LogP contribution is 2.38. The molecule has 1 aromatic rings. The quantitative estimate of drug-likeness (QED) is 0.818. The molecule has 3 nitrogen and oxygen atoms in total. The maximum atomic E-state index is 4.63. The normalized spacial score (nSPS) is 22.3. The highest BCUT2D eigenvalue weighted by Gasteiger charge is 2.33. The molecule has 94 valence electrons. The largest absolute Gasteiger partial charge is 0.370 e. The molecule has 1 aliphatic rings. The first-order valence-corrected chi connectivity index (χ1v) is 6.62. The number of aromatic nitrogens is 1. The molecular weight excluding hydrogens is 210 g/mol. The minimum atomic E-state index is 0.869. The number of anilines is 2. The van der Waals surface area contributed by atoms with Crippen LogP contribution in [-0.2, 0) is 0 Å². The molecule has 1 fully saturated rings. The average molecular weight is 233 g/mol. The Morgan fingerprint density at radius 1 is 1.47 bits per heavy atom. The van der Waals surface area contributed by atoms with Gasteiger partial charge in [0.15, 0.2) is 0 Å². The molecule has 2 atom stereocenters. The number of rotatable bonds is 6. The molecule has 1 saturated carbocycles. The molecule has 1 aliphatic carbocycles. The molecule has 0 amide bonds. The first kappa shape index (κ1) is 12.2. The Hall–Kier alpha value is -1.25. The van der Waals surface area contributed by atoms with Crippen molar-refractivity contribution in [1.29, 1.82) is 0 Å². The molecule has 1 aromatic heterocycles. The predicted molar refractivity (Wildman–Crippen MR) is 73.6 cm³/mol. The summed E-state index contributed by atoms with van der Waals surface area (Å²) in [6.45, 7) is 6.61. The van der Waals surface area contributed by atoms with E-state index in [1.807, 2.05) is 6.07 Å². The number of nitrogens with zero attached hydrogens (tertiary/aromatic N) is 2. The first-order valence-electron chi connectivity index (χ1n) is 6.62. The minimum absolute atomic E-state index is 0.869. The van der Waals surface area contributed by atoms with Gasteiger partial charge in [-0.1, -0.05) is 19.9 Å². The van der Waals surface area contributed by atoms with Crippen molar-refractivity contribution >= 4 is 11.6 Å². The lowest BCUT2D eigenvalue weighted by atomic mass is 10.3. The standard InChI is InChI=1S/C14H23N3/c1-4-8-15-13-6-5-7-14(16-13)17(3)10-12-9-11(12)2/h5-7,11-12H,4,8-10H2,1-3H3,(H,15,16). The van der Waals surface area contributed by atoms with E-state index in [4.69, 9.17) is 0 Å².